The van der Waals surface area contributed by atoms with E-state index in [1.165, 1.54) is 15.8 Å². The monoisotopic (exact) mass is 397 g/mol. The second kappa shape index (κ2) is 7.51. The van der Waals surface area contributed by atoms with Crippen molar-refractivity contribution in [3.05, 3.63) is 73.1 Å². The molecule has 0 aliphatic heterocycles. The molecule has 5 rings (SSSR count). The van der Waals surface area contributed by atoms with Crippen LogP contribution in [0.1, 0.15) is 0 Å². The number of hydrogen-bond donors (Lipinski definition) is 1. The highest BCUT2D eigenvalue weighted by Gasteiger charge is 2.14. The molecule has 0 radical (unpaired) electrons. The number of hydrogen-bond acceptors (Lipinski definition) is 7. The highest BCUT2D eigenvalue weighted by atomic mass is 16.2. The molecule has 5 aromatic rings. The summed E-state index contributed by atoms with van der Waals surface area (Å²) in [4.78, 5) is 13.8. The average molecular weight is 397 g/mol. The third-order valence-corrected chi connectivity index (χ3v) is 4.54. The van der Waals surface area contributed by atoms with Crippen LogP contribution in [0.4, 0.5) is 5.69 Å². The van der Waals surface area contributed by atoms with Crippen LogP contribution in [0.2, 0.25) is 0 Å². The third-order valence-electron chi connectivity index (χ3n) is 4.54. The molecule has 10 heteroatoms. The Morgan fingerprint density at radius 1 is 0.933 bits per heavy atom. The summed E-state index contributed by atoms with van der Waals surface area (Å²) >= 11 is 0. The van der Waals surface area contributed by atoms with E-state index in [1.807, 2.05) is 66.7 Å². The van der Waals surface area contributed by atoms with Gasteiger partial charge < -0.3 is 5.32 Å². The zero-order valence-electron chi connectivity index (χ0n) is 15.6. The van der Waals surface area contributed by atoms with E-state index < -0.39 is 0 Å². The van der Waals surface area contributed by atoms with Gasteiger partial charge in [-0.25, -0.2) is 0 Å². The largest absolute Gasteiger partial charge is 0.324 e. The Bertz CT molecular complexity index is 1320. The lowest BCUT2D eigenvalue weighted by atomic mass is 10.1. The van der Waals surface area contributed by atoms with Crippen molar-refractivity contribution in [2.75, 3.05) is 5.32 Å². The molecule has 2 aromatic heterocycles. The van der Waals surface area contributed by atoms with Crippen molar-refractivity contribution in [3.63, 3.8) is 0 Å². The van der Waals surface area contributed by atoms with E-state index in [2.05, 4.69) is 36.3 Å². The van der Waals surface area contributed by atoms with Crippen LogP contribution in [-0.2, 0) is 11.3 Å². The van der Waals surface area contributed by atoms with Crippen molar-refractivity contribution in [2.45, 2.75) is 6.54 Å². The van der Waals surface area contributed by atoms with Crippen LogP contribution in [0.3, 0.4) is 0 Å². The van der Waals surface area contributed by atoms with Gasteiger partial charge in [0.05, 0.1) is 5.69 Å². The van der Waals surface area contributed by atoms with Crippen molar-refractivity contribution < 1.29 is 4.79 Å². The first kappa shape index (κ1) is 17.6. The predicted molar refractivity (Wildman–Crippen MR) is 109 cm³/mol. The first-order valence-electron chi connectivity index (χ1n) is 9.16. The maximum absolute atomic E-state index is 12.6. The number of carbonyl (C=O) groups is 1. The van der Waals surface area contributed by atoms with Gasteiger partial charge in [-0.3, -0.25) is 4.79 Å². The zero-order valence-corrected chi connectivity index (χ0v) is 15.6. The van der Waals surface area contributed by atoms with Gasteiger partial charge in [-0.1, -0.05) is 48.5 Å². The molecule has 3 aromatic carbocycles. The van der Waals surface area contributed by atoms with Crippen LogP contribution in [0.15, 0.2) is 73.1 Å². The molecule has 0 bridgehead atoms. The molecule has 10 nitrogen and oxygen atoms in total. The molecule has 0 aliphatic rings. The third kappa shape index (κ3) is 3.37. The lowest BCUT2D eigenvalue weighted by Crippen LogP contribution is -2.20. The predicted octanol–water partition coefficient (Wildman–Crippen LogP) is 2.11. The standard InChI is InChI=1S/C20H15N9O/c30-19(22-17-10-5-7-14-6-1-2-8-15(14)17)12-29-24-20(23-26-29)16-9-3-4-11-18(16)28-13-21-25-27-28/h1-11,13H,12H2,(H,22,30). The van der Waals surface area contributed by atoms with Crippen molar-refractivity contribution in [2.24, 2.45) is 0 Å². The number of fused-ring (bicyclic) bond motifs is 1. The summed E-state index contributed by atoms with van der Waals surface area (Å²) in [5.41, 5.74) is 2.15. The van der Waals surface area contributed by atoms with Gasteiger partial charge in [0.15, 0.2) is 0 Å². The van der Waals surface area contributed by atoms with Crippen LogP contribution in [0.5, 0.6) is 0 Å². The molecule has 0 atom stereocenters. The number of benzene rings is 3. The quantitative estimate of drug-likeness (QED) is 0.483. The Labute approximate surface area is 170 Å². The maximum Gasteiger partial charge on any atom is 0.248 e. The Morgan fingerprint density at radius 2 is 1.77 bits per heavy atom. The van der Waals surface area contributed by atoms with Crippen LogP contribution >= 0.6 is 0 Å². The topological polar surface area (TPSA) is 116 Å². The molecule has 0 unspecified atom stereocenters. The molecule has 30 heavy (non-hydrogen) atoms. The van der Waals surface area contributed by atoms with Gasteiger partial charge in [0.1, 0.15) is 12.9 Å². The van der Waals surface area contributed by atoms with Crippen LogP contribution in [-0.4, -0.2) is 46.3 Å². The van der Waals surface area contributed by atoms with Gasteiger partial charge >= 0.3 is 0 Å². The van der Waals surface area contributed by atoms with Crippen LogP contribution in [0.25, 0.3) is 27.8 Å². The number of aromatic nitrogens is 8. The van der Waals surface area contributed by atoms with Gasteiger partial charge in [0, 0.05) is 16.6 Å². The van der Waals surface area contributed by atoms with E-state index in [4.69, 9.17) is 0 Å². The Balaban J connectivity index is 1.36. The molecule has 2 heterocycles. The Kier molecular flexibility index (Phi) is 4.41. The van der Waals surface area contributed by atoms with Crippen molar-refractivity contribution in [1.29, 1.82) is 0 Å². The van der Waals surface area contributed by atoms with E-state index in [1.54, 1.807) is 0 Å². The summed E-state index contributed by atoms with van der Waals surface area (Å²) < 4.78 is 1.52. The minimum atomic E-state index is -0.246. The smallest absolute Gasteiger partial charge is 0.248 e. The summed E-state index contributed by atoms with van der Waals surface area (Å²) in [5.74, 6) is 0.128. The van der Waals surface area contributed by atoms with Gasteiger partial charge in [-0.2, -0.15) is 9.48 Å². The Morgan fingerprint density at radius 3 is 2.67 bits per heavy atom. The summed E-state index contributed by atoms with van der Waals surface area (Å²) in [6, 6.07) is 21.0. The molecule has 0 saturated heterocycles. The second-order valence-corrected chi connectivity index (χ2v) is 6.49. The summed E-state index contributed by atoms with van der Waals surface area (Å²) in [7, 11) is 0. The summed E-state index contributed by atoms with van der Waals surface area (Å²) in [5, 5.41) is 28.6. The molecule has 1 N–H and O–H groups in total. The van der Waals surface area contributed by atoms with Gasteiger partial charge in [-0.05, 0) is 39.2 Å². The van der Waals surface area contributed by atoms with Crippen LogP contribution < -0.4 is 5.32 Å². The molecule has 146 valence electrons. The lowest BCUT2D eigenvalue weighted by molar-refractivity contribution is -0.117. The first-order chi connectivity index (χ1) is 14.8. The molecule has 0 saturated carbocycles. The van der Waals surface area contributed by atoms with Crippen molar-refractivity contribution >= 4 is 22.4 Å². The molecular formula is C20H15N9O. The molecular weight excluding hydrogens is 382 g/mol. The first-order valence-corrected chi connectivity index (χ1v) is 9.16. The number of nitrogens with zero attached hydrogens (tertiary/aromatic N) is 8. The van der Waals surface area contributed by atoms with E-state index in [0.717, 1.165) is 16.5 Å². The zero-order chi connectivity index (χ0) is 20.3. The number of anilines is 1. The molecule has 0 aliphatic carbocycles. The number of carbonyl (C=O) groups excluding carboxylic acids is 1. The number of tetrazole rings is 2. The minimum absolute atomic E-state index is 0.0662. The SMILES string of the molecule is O=C(Cn1nnc(-c2ccccc2-n2cnnn2)n1)Nc1cccc2ccccc12. The molecule has 0 fully saturated rings. The minimum Gasteiger partial charge on any atom is -0.324 e. The van der Waals surface area contributed by atoms with Gasteiger partial charge in [0.25, 0.3) is 0 Å². The highest BCUT2D eigenvalue weighted by Crippen LogP contribution is 2.23. The fourth-order valence-corrected chi connectivity index (χ4v) is 3.20. The van der Waals surface area contributed by atoms with Crippen molar-refractivity contribution in [1.82, 2.24) is 40.4 Å². The van der Waals surface area contributed by atoms with E-state index in [9.17, 15) is 4.79 Å². The number of rotatable bonds is 5. The fraction of sp³-hybridized carbons (Fsp3) is 0.0500. The molecule has 0 spiro atoms. The van der Waals surface area contributed by atoms with Crippen LogP contribution in [0, 0.1) is 0 Å². The normalized spacial score (nSPS) is 10.9. The second-order valence-electron chi connectivity index (χ2n) is 6.49. The fourth-order valence-electron chi connectivity index (χ4n) is 3.20. The van der Waals surface area contributed by atoms with Gasteiger partial charge in [-0.15, -0.1) is 15.3 Å². The van der Waals surface area contributed by atoms with Crippen molar-refractivity contribution in [3.8, 4) is 17.1 Å². The summed E-state index contributed by atoms with van der Waals surface area (Å²) in [6.07, 6.45) is 1.49. The number of amides is 1. The average Bonchev–Trinajstić information content (AvgIpc) is 3.46. The molecule has 1 amide bonds. The highest BCUT2D eigenvalue weighted by molar-refractivity contribution is 6.01. The number of nitrogens with one attached hydrogen (secondary N) is 1. The Hall–Kier alpha value is -4.47. The summed E-state index contributed by atoms with van der Waals surface area (Å²) in [6.45, 7) is -0.0662. The maximum atomic E-state index is 12.6. The van der Waals surface area contributed by atoms with E-state index in [0.29, 0.717) is 17.1 Å². The number of para-hydroxylation sites is 1. The van der Waals surface area contributed by atoms with Gasteiger partial charge in [0.2, 0.25) is 11.7 Å². The van der Waals surface area contributed by atoms with E-state index in [-0.39, 0.29) is 12.5 Å². The lowest BCUT2D eigenvalue weighted by Gasteiger charge is -2.08. The van der Waals surface area contributed by atoms with E-state index >= 15 is 0 Å².